The highest BCUT2D eigenvalue weighted by Crippen LogP contribution is 2.29. The molecular weight excluding hydrogens is 355 g/mol. The van der Waals surface area contributed by atoms with E-state index in [0.717, 1.165) is 10.8 Å². The molecule has 0 N–H and O–H groups in total. The highest BCUT2D eigenvalue weighted by molar-refractivity contribution is 14.1. The Balaban J connectivity index is 0.00000180. The van der Waals surface area contributed by atoms with Crippen molar-refractivity contribution in [1.29, 1.82) is 0 Å². The number of ether oxygens (including phenoxy) is 1. The van der Waals surface area contributed by atoms with Gasteiger partial charge in [-0.3, -0.25) is 9.59 Å². The average Bonchev–Trinajstić information content (AvgIpc) is 2.36. The molecule has 0 spiro atoms. The van der Waals surface area contributed by atoms with Crippen LogP contribution in [0.15, 0.2) is 29.8 Å². The molecule has 0 saturated carbocycles. The summed E-state index contributed by atoms with van der Waals surface area (Å²) in [4.78, 5) is 24.0. The van der Waals surface area contributed by atoms with E-state index in [2.05, 4.69) is 22.6 Å². The van der Waals surface area contributed by atoms with Gasteiger partial charge >= 0.3 is 0 Å². The van der Waals surface area contributed by atoms with Gasteiger partial charge in [0.1, 0.15) is 5.75 Å². The highest BCUT2D eigenvalue weighted by Gasteiger charge is 2.26. The van der Waals surface area contributed by atoms with Crippen LogP contribution in [0.5, 0.6) is 5.75 Å². The SMILES string of the molecule is C.CC1=CC(=O)c2c(OCCCI)cccc2C1=O. The van der Waals surface area contributed by atoms with Gasteiger partial charge in [0.25, 0.3) is 0 Å². The molecule has 1 aliphatic carbocycles. The molecule has 0 atom stereocenters. The van der Waals surface area contributed by atoms with Gasteiger partial charge in [-0.1, -0.05) is 42.2 Å². The third kappa shape index (κ3) is 3.23. The lowest BCUT2D eigenvalue weighted by Gasteiger charge is -2.16. The van der Waals surface area contributed by atoms with Crippen LogP contribution in [0.3, 0.4) is 0 Å². The summed E-state index contributed by atoms with van der Waals surface area (Å²) in [5.41, 5.74) is 1.34. The molecule has 1 aromatic rings. The zero-order valence-corrected chi connectivity index (χ0v) is 12.2. The number of halogens is 1. The molecule has 0 aliphatic heterocycles. The number of hydrogen-bond donors (Lipinski definition) is 0. The molecule has 102 valence electrons. The average molecular weight is 372 g/mol. The predicted molar refractivity (Wildman–Crippen MR) is 84.6 cm³/mol. The van der Waals surface area contributed by atoms with Crippen molar-refractivity contribution in [1.82, 2.24) is 0 Å². The van der Waals surface area contributed by atoms with Crippen LogP contribution in [-0.2, 0) is 0 Å². The van der Waals surface area contributed by atoms with E-state index in [1.54, 1.807) is 25.1 Å². The zero-order chi connectivity index (χ0) is 13.1. The molecule has 4 heteroatoms. The molecule has 1 aliphatic rings. The molecule has 0 saturated heterocycles. The van der Waals surface area contributed by atoms with Crippen molar-refractivity contribution in [2.45, 2.75) is 20.8 Å². The minimum atomic E-state index is -0.146. The summed E-state index contributed by atoms with van der Waals surface area (Å²) >= 11 is 2.27. The van der Waals surface area contributed by atoms with Crippen LogP contribution in [0.1, 0.15) is 41.5 Å². The first-order valence-electron chi connectivity index (χ1n) is 5.74. The number of hydrogen-bond acceptors (Lipinski definition) is 3. The van der Waals surface area contributed by atoms with Crippen molar-refractivity contribution in [2.75, 3.05) is 11.0 Å². The number of alkyl halides is 1. The van der Waals surface area contributed by atoms with Crippen LogP contribution in [0.4, 0.5) is 0 Å². The van der Waals surface area contributed by atoms with Crippen LogP contribution in [0.2, 0.25) is 0 Å². The summed E-state index contributed by atoms with van der Waals surface area (Å²) in [6.07, 6.45) is 2.30. The van der Waals surface area contributed by atoms with Crippen LogP contribution in [0.25, 0.3) is 0 Å². The van der Waals surface area contributed by atoms with E-state index < -0.39 is 0 Å². The fraction of sp³-hybridized carbons (Fsp3) is 0.333. The van der Waals surface area contributed by atoms with E-state index >= 15 is 0 Å². The molecule has 0 amide bonds. The predicted octanol–water partition coefficient (Wildman–Crippen LogP) is 3.85. The third-order valence-electron chi connectivity index (χ3n) is 2.76. The molecule has 0 fully saturated rings. The standard InChI is InChI=1S/C14H13IO3.CH4/c1-9-8-11(16)13-10(14(9)17)4-2-5-12(13)18-7-3-6-15;/h2,4-5,8H,3,6-7H2,1H3;1H4. The Hall–Kier alpha value is -1.17. The van der Waals surface area contributed by atoms with Gasteiger partial charge in [0, 0.05) is 15.6 Å². The number of carbonyl (C=O) groups is 2. The molecule has 3 nitrogen and oxygen atoms in total. The molecule has 2 rings (SSSR count). The van der Waals surface area contributed by atoms with Crippen LogP contribution < -0.4 is 4.74 Å². The topological polar surface area (TPSA) is 43.4 Å². The maximum absolute atomic E-state index is 12.0. The van der Waals surface area contributed by atoms with Crippen molar-refractivity contribution in [3.8, 4) is 5.75 Å². The lowest BCUT2D eigenvalue weighted by atomic mass is 9.89. The van der Waals surface area contributed by atoms with Gasteiger partial charge < -0.3 is 4.74 Å². The normalized spacial score (nSPS) is 13.5. The first kappa shape index (κ1) is 15.9. The van der Waals surface area contributed by atoms with Crippen molar-refractivity contribution < 1.29 is 14.3 Å². The van der Waals surface area contributed by atoms with E-state index in [0.29, 0.717) is 29.1 Å². The number of fused-ring (bicyclic) bond motifs is 1. The Labute approximate surface area is 127 Å². The van der Waals surface area contributed by atoms with Crippen LogP contribution in [-0.4, -0.2) is 22.6 Å². The minimum Gasteiger partial charge on any atom is -0.493 e. The van der Waals surface area contributed by atoms with Crippen LogP contribution in [0, 0.1) is 0 Å². The highest BCUT2D eigenvalue weighted by atomic mass is 127. The van der Waals surface area contributed by atoms with E-state index in [-0.39, 0.29) is 19.0 Å². The fourth-order valence-corrected chi connectivity index (χ4v) is 2.19. The van der Waals surface area contributed by atoms with Gasteiger partial charge in [0.15, 0.2) is 11.6 Å². The van der Waals surface area contributed by atoms with Crippen molar-refractivity contribution >= 4 is 34.2 Å². The molecule has 19 heavy (non-hydrogen) atoms. The van der Waals surface area contributed by atoms with E-state index in [4.69, 9.17) is 4.74 Å². The van der Waals surface area contributed by atoms with Gasteiger partial charge in [-0.05, 0) is 25.5 Å². The molecular formula is C15H17IO3. The van der Waals surface area contributed by atoms with Crippen molar-refractivity contribution in [3.05, 3.63) is 41.0 Å². The number of rotatable bonds is 4. The summed E-state index contributed by atoms with van der Waals surface area (Å²) in [6.45, 7) is 2.22. The van der Waals surface area contributed by atoms with E-state index in [1.165, 1.54) is 6.08 Å². The summed E-state index contributed by atoms with van der Waals surface area (Å²) < 4.78 is 6.59. The number of allylic oxidation sites excluding steroid dienone is 2. The second-order valence-electron chi connectivity index (χ2n) is 4.09. The number of ketones is 2. The Morgan fingerprint density at radius 3 is 2.68 bits per heavy atom. The summed E-state index contributed by atoms with van der Waals surface area (Å²) in [5, 5.41) is 0. The molecule has 0 aromatic heterocycles. The van der Waals surface area contributed by atoms with Crippen LogP contribution >= 0.6 is 22.6 Å². The second-order valence-corrected chi connectivity index (χ2v) is 5.17. The van der Waals surface area contributed by atoms with Crippen molar-refractivity contribution in [2.24, 2.45) is 0 Å². The fourth-order valence-electron chi connectivity index (χ4n) is 1.88. The van der Waals surface area contributed by atoms with E-state index in [1.807, 2.05) is 0 Å². The Kier molecular flexibility index (Phi) is 5.72. The number of carbonyl (C=O) groups excluding carboxylic acids is 2. The maximum atomic E-state index is 12.0. The molecule has 0 heterocycles. The summed E-state index contributed by atoms with van der Waals surface area (Å²) in [7, 11) is 0. The maximum Gasteiger partial charge on any atom is 0.190 e. The van der Waals surface area contributed by atoms with Gasteiger partial charge in [-0.25, -0.2) is 0 Å². The first-order valence-corrected chi connectivity index (χ1v) is 7.27. The van der Waals surface area contributed by atoms with Gasteiger partial charge in [-0.2, -0.15) is 0 Å². The minimum absolute atomic E-state index is 0. The lowest BCUT2D eigenvalue weighted by molar-refractivity contribution is 0.0981. The Morgan fingerprint density at radius 2 is 2.00 bits per heavy atom. The Morgan fingerprint density at radius 1 is 1.26 bits per heavy atom. The summed E-state index contributed by atoms with van der Waals surface area (Å²) in [6, 6.07) is 5.17. The lowest BCUT2D eigenvalue weighted by Crippen LogP contribution is -2.17. The zero-order valence-electron chi connectivity index (χ0n) is 10.0. The van der Waals surface area contributed by atoms with E-state index in [9.17, 15) is 9.59 Å². The third-order valence-corrected chi connectivity index (χ3v) is 3.52. The largest absolute Gasteiger partial charge is 0.493 e. The number of Topliss-reactive ketones (excluding diaryl/α,β-unsaturated/α-hetero) is 1. The first-order chi connectivity index (χ1) is 8.65. The smallest absolute Gasteiger partial charge is 0.190 e. The molecule has 1 aromatic carbocycles. The van der Waals surface area contributed by atoms with Gasteiger partial charge in [0.05, 0.1) is 12.2 Å². The number of benzene rings is 1. The quantitative estimate of drug-likeness (QED) is 0.458. The van der Waals surface area contributed by atoms with Crippen molar-refractivity contribution in [3.63, 3.8) is 0 Å². The second kappa shape index (κ2) is 6.84. The molecule has 0 unspecified atom stereocenters. The Bertz CT molecular complexity index is 532. The molecule has 0 radical (unpaired) electrons. The summed E-state index contributed by atoms with van der Waals surface area (Å²) in [5.74, 6) is 0.274. The monoisotopic (exact) mass is 372 g/mol. The van der Waals surface area contributed by atoms with Gasteiger partial charge in [-0.15, -0.1) is 0 Å². The van der Waals surface area contributed by atoms with Gasteiger partial charge in [0.2, 0.25) is 0 Å². The molecule has 0 bridgehead atoms.